The molecule has 2 heterocycles. The first-order valence-corrected chi connectivity index (χ1v) is 13.0. The number of hydrogen-bond donors (Lipinski definition) is 0. The maximum absolute atomic E-state index is 13.2. The molecule has 0 unspecified atom stereocenters. The van der Waals surface area contributed by atoms with Gasteiger partial charge in [0.05, 0.1) is 29.1 Å². The molecule has 5 atom stereocenters. The molecule has 2 saturated heterocycles. The Labute approximate surface area is 214 Å². The van der Waals surface area contributed by atoms with E-state index < -0.39 is 11.9 Å². The number of amides is 3. The number of hydrogen-bond acceptors (Lipinski definition) is 5. The number of esters is 1. The Bertz CT molecular complexity index is 1450. The maximum Gasteiger partial charge on any atom is 0.316 e. The molecule has 0 N–H and O–H groups in total. The summed E-state index contributed by atoms with van der Waals surface area (Å²) in [4.78, 5) is 55.3. The SMILES string of the molecule is O=C(Oc1cccc(N2C(=O)[C@@H]3[C@H]4CC[C@@H](C4)[C@@H]3C2=O)c1)[C@@H]1CC(=O)N(c2cccc3ccccc23)C1. The van der Waals surface area contributed by atoms with Crippen molar-refractivity contribution in [2.24, 2.45) is 29.6 Å². The summed E-state index contributed by atoms with van der Waals surface area (Å²) < 4.78 is 5.67. The summed E-state index contributed by atoms with van der Waals surface area (Å²) in [6.45, 7) is 0.237. The van der Waals surface area contributed by atoms with Gasteiger partial charge in [-0.3, -0.25) is 19.2 Å². The Morgan fingerprint density at radius 1 is 0.838 bits per heavy atom. The molecule has 2 aliphatic heterocycles. The highest BCUT2D eigenvalue weighted by Crippen LogP contribution is 2.56. The van der Waals surface area contributed by atoms with E-state index in [1.165, 1.54) is 4.90 Å². The van der Waals surface area contributed by atoms with Crippen LogP contribution in [0.15, 0.2) is 66.7 Å². The van der Waals surface area contributed by atoms with Gasteiger partial charge in [0, 0.05) is 24.4 Å². The predicted molar refractivity (Wildman–Crippen MR) is 137 cm³/mol. The van der Waals surface area contributed by atoms with Gasteiger partial charge in [-0.2, -0.15) is 0 Å². The van der Waals surface area contributed by atoms with Gasteiger partial charge in [-0.05, 0) is 54.7 Å². The molecule has 2 saturated carbocycles. The Morgan fingerprint density at radius 3 is 2.32 bits per heavy atom. The fraction of sp³-hybridized carbons (Fsp3) is 0.333. The van der Waals surface area contributed by atoms with Crippen LogP contribution in [0.3, 0.4) is 0 Å². The zero-order chi connectivity index (χ0) is 25.3. The Kier molecular flexibility index (Phi) is 4.96. The number of fused-ring (bicyclic) bond motifs is 6. The summed E-state index contributed by atoms with van der Waals surface area (Å²) >= 11 is 0. The van der Waals surface area contributed by atoms with Crippen LogP contribution in [-0.2, 0) is 19.2 Å². The molecule has 4 fully saturated rings. The van der Waals surface area contributed by atoms with Crippen LogP contribution < -0.4 is 14.5 Å². The summed E-state index contributed by atoms with van der Waals surface area (Å²) in [6, 6.07) is 20.2. The third-order valence-corrected chi connectivity index (χ3v) is 8.74. The summed E-state index contributed by atoms with van der Waals surface area (Å²) in [7, 11) is 0. The van der Waals surface area contributed by atoms with Crippen LogP contribution in [0.1, 0.15) is 25.7 Å². The summed E-state index contributed by atoms with van der Waals surface area (Å²) in [6.07, 6.45) is 3.09. The number of benzene rings is 3. The average Bonchev–Trinajstić information content (AvgIpc) is 3.67. The summed E-state index contributed by atoms with van der Waals surface area (Å²) in [5.74, 6) is -1.02. The average molecular weight is 495 g/mol. The predicted octanol–water partition coefficient (Wildman–Crippen LogP) is 4.33. The third-order valence-electron chi connectivity index (χ3n) is 8.74. The minimum atomic E-state index is -0.611. The van der Waals surface area contributed by atoms with Gasteiger partial charge in [-0.1, -0.05) is 42.5 Å². The zero-order valence-electron chi connectivity index (χ0n) is 20.2. The van der Waals surface area contributed by atoms with E-state index in [2.05, 4.69) is 0 Å². The first kappa shape index (κ1) is 22.2. The monoisotopic (exact) mass is 494 g/mol. The molecule has 0 aromatic heterocycles. The third kappa shape index (κ3) is 3.40. The van der Waals surface area contributed by atoms with E-state index in [1.54, 1.807) is 29.2 Å². The minimum Gasteiger partial charge on any atom is -0.426 e. The van der Waals surface area contributed by atoms with Crippen molar-refractivity contribution < 1.29 is 23.9 Å². The Morgan fingerprint density at radius 2 is 1.54 bits per heavy atom. The van der Waals surface area contributed by atoms with E-state index in [9.17, 15) is 19.2 Å². The van der Waals surface area contributed by atoms with Crippen LogP contribution in [0.25, 0.3) is 10.8 Å². The lowest BCUT2D eigenvalue weighted by atomic mass is 9.81. The zero-order valence-corrected chi connectivity index (χ0v) is 20.2. The molecule has 0 radical (unpaired) electrons. The number of carbonyl (C=O) groups is 4. The Hall–Kier alpha value is -4.00. The van der Waals surface area contributed by atoms with E-state index in [0.717, 1.165) is 35.7 Å². The van der Waals surface area contributed by atoms with E-state index >= 15 is 0 Å². The fourth-order valence-electron chi connectivity index (χ4n) is 7.09. The van der Waals surface area contributed by atoms with Gasteiger partial charge in [0.25, 0.3) is 0 Å². The van der Waals surface area contributed by atoms with Crippen molar-refractivity contribution in [3.05, 3.63) is 66.7 Å². The highest BCUT2D eigenvalue weighted by molar-refractivity contribution is 6.22. The topological polar surface area (TPSA) is 84.0 Å². The second-order valence-electron chi connectivity index (χ2n) is 10.7. The molecule has 4 aliphatic rings. The summed E-state index contributed by atoms with van der Waals surface area (Å²) in [5.41, 5.74) is 1.22. The van der Waals surface area contributed by atoms with Crippen molar-refractivity contribution in [1.29, 1.82) is 0 Å². The number of nitrogens with zero attached hydrogens (tertiary/aromatic N) is 2. The van der Waals surface area contributed by atoms with Gasteiger partial charge in [0.15, 0.2) is 0 Å². The van der Waals surface area contributed by atoms with Crippen molar-refractivity contribution in [1.82, 2.24) is 0 Å². The number of carbonyl (C=O) groups excluding carboxylic acids is 4. The van der Waals surface area contributed by atoms with Gasteiger partial charge in [0.1, 0.15) is 5.75 Å². The van der Waals surface area contributed by atoms with E-state index in [-0.39, 0.29) is 48.3 Å². The van der Waals surface area contributed by atoms with Gasteiger partial charge in [-0.15, -0.1) is 0 Å². The molecule has 7 nitrogen and oxygen atoms in total. The van der Waals surface area contributed by atoms with Crippen LogP contribution in [0.2, 0.25) is 0 Å². The molecule has 186 valence electrons. The Balaban J connectivity index is 1.08. The van der Waals surface area contributed by atoms with Crippen molar-refractivity contribution in [2.45, 2.75) is 25.7 Å². The van der Waals surface area contributed by atoms with Crippen molar-refractivity contribution in [2.75, 3.05) is 16.3 Å². The van der Waals surface area contributed by atoms with Crippen molar-refractivity contribution in [3.63, 3.8) is 0 Å². The minimum absolute atomic E-state index is 0.0664. The van der Waals surface area contributed by atoms with E-state index in [4.69, 9.17) is 4.74 Å². The van der Waals surface area contributed by atoms with Crippen LogP contribution >= 0.6 is 0 Å². The molecule has 3 aromatic carbocycles. The second kappa shape index (κ2) is 8.26. The highest BCUT2D eigenvalue weighted by atomic mass is 16.5. The second-order valence-corrected chi connectivity index (χ2v) is 10.7. The van der Waals surface area contributed by atoms with Gasteiger partial charge in [0.2, 0.25) is 17.7 Å². The molecule has 7 rings (SSSR count). The van der Waals surface area contributed by atoms with Crippen LogP contribution in [0.4, 0.5) is 11.4 Å². The molecule has 2 bridgehead atoms. The van der Waals surface area contributed by atoms with Gasteiger partial charge in [-0.25, -0.2) is 4.90 Å². The van der Waals surface area contributed by atoms with Gasteiger partial charge < -0.3 is 9.64 Å². The standard InChI is InChI=1S/C30H26N2O5/c33-25-14-20(16-31(25)24-10-3-6-17-5-1-2-9-23(17)24)30(36)37-22-8-4-7-21(15-22)32-28(34)26-18-11-12-19(13-18)27(26)29(32)35/h1-10,15,18-20,26-27H,11-14,16H2/t18-,19-,20+,26-,27+/m0/s1. The smallest absolute Gasteiger partial charge is 0.316 e. The van der Waals surface area contributed by atoms with Crippen LogP contribution in [0.5, 0.6) is 5.75 Å². The first-order valence-electron chi connectivity index (χ1n) is 13.0. The van der Waals surface area contributed by atoms with E-state index in [1.807, 2.05) is 42.5 Å². The molecule has 3 amide bonds. The number of rotatable bonds is 4. The molecule has 3 aromatic rings. The highest BCUT2D eigenvalue weighted by Gasteiger charge is 2.61. The largest absolute Gasteiger partial charge is 0.426 e. The van der Waals surface area contributed by atoms with Crippen LogP contribution in [0, 0.1) is 29.6 Å². The number of ether oxygens (including phenoxy) is 1. The van der Waals surface area contributed by atoms with Crippen molar-refractivity contribution in [3.8, 4) is 5.75 Å². The van der Waals surface area contributed by atoms with Crippen molar-refractivity contribution >= 4 is 45.8 Å². The molecular weight excluding hydrogens is 468 g/mol. The molecule has 7 heteroatoms. The van der Waals surface area contributed by atoms with Crippen LogP contribution in [-0.4, -0.2) is 30.2 Å². The molecule has 37 heavy (non-hydrogen) atoms. The lowest BCUT2D eigenvalue weighted by Crippen LogP contribution is -2.32. The summed E-state index contributed by atoms with van der Waals surface area (Å²) in [5, 5.41) is 1.98. The van der Waals surface area contributed by atoms with Gasteiger partial charge >= 0.3 is 5.97 Å². The quantitative estimate of drug-likeness (QED) is 0.306. The normalized spacial score (nSPS) is 28.4. The molecular formula is C30H26N2O5. The molecule has 2 aliphatic carbocycles. The lowest BCUT2D eigenvalue weighted by molar-refractivity contribution is -0.139. The maximum atomic E-state index is 13.2. The van der Waals surface area contributed by atoms with E-state index in [0.29, 0.717) is 17.5 Å². The lowest BCUT2D eigenvalue weighted by Gasteiger charge is -2.19. The number of anilines is 2. The first-order chi connectivity index (χ1) is 18.0. The fourth-order valence-corrected chi connectivity index (χ4v) is 7.09. The molecule has 0 spiro atoms. The number of imide groups is 1.